The SMILES string of the molecule is CCCOc1ccc(C2CC(c3ccccc3N)NN2)cc1. The number of benzene rings is 2. The molecule has 22 heavy (non-hydrogen) atoms. The molecule has 0 amide bonds. The molecule has 4 N–H and O–H groups in total. The zero-order valence-electron chi connectivity index (χ0n) is 12.9. The maximum Gasteiger partial charge on any atom is 0.119 e. The van der Waals surface area contributed by atoms with Crippen LogP contribution in [0.5, 0.6) is 5.75 Å². The first-order valence-electron chi connectivity index (χ1n) is 7.86. The number of hydrogen-bond acceptors (Lipinski definition) is 4. The van der Waals surface area contributed by atoms with Gasteiger partial charge in [-0.05, 0) is 42.2 Å². The fourth-order valence-corrected chi connectivity index (χ4v) is 2.82. The summed E-state index contributed by atoms with van der Waals surface area (Å²) in [5.41, 5.74) is 16.0. The first kappa shape index (κ1) is 14.9. The van der Waals surface area contributed by atoms with E-state index in [9.17, 15) is 0 Å². The van der Waals surface area contributed by atoms with E-state index in [4.69, 9.17) is 10.5 Å². The second kappa shape index (κ2) is 6.81. The van der Waals surface area contributed by atoms with Crippen molar-refractivity contribution in [3.63, 3.8) is 0 Å². The minimum Gasteiger partial charge on any atom is -0.494 e. The minimum absolute atomic E-state index is 0.238. The largest absolute Gasteiger partial charge is 0.494 e. The molecule has 116 valence electrons. The minimum atomic E-state index is 0.238. The highest BCUT2D eigenvalue weighted by atomic mass is 16.5. The number of nitrogens with two attached hydrogens (primary N) is 1. The summed E-state index contributed by atoms with van der Waals surface area (Å²) in [5, 5.41) is 0. The predicted octanol–water partition coefficient (Wildman–Crippen LogP) is 3.34. The van der Waals surface area contributed by atoms with Crippen LogP contribution in [0, 0.1) is 0 Å². The third kappa shape index (κ3) is 3.24. The second-order valence-corrected chi connectivity index (χ2v) is 5.68. The molecule has 2 atom stereocenters. The van der Waals surface area contributed by atoms with Gasteiger partial charge in [-0.15, -0.1) is 0 Å². The smallest absolute Gasteiger partial charge is 0.119 e. The van der Waals surface area contributed by atoms with Crippen molar-refractivity contribution in [2.45, 2.75) is 31.8 Å². The fourth-order valence-electron chi connectivity index (χ4n) is 2.82. The summed E-state index contributed by atoms with van der Waals surface area (Å²) in [5.74, 6) is 0.931. The molecule has 0 aromatic heterocycles. The van der Waals surface area contributed by atoms with E-state index in [-0.39, 0.29) is 12.1 Å². The van der Waals surface area contributed by atoms with E-state index >= 15 is 0 Å². The van der Waals surface area contributed by atoms with Gasteiger partial charge in [0.1, 0.15) is 5.75 Å². The van der Waals surface area contributed by atoms with Crippen LogP contribution in [0.25, 0.3) is 0 Å². The summed E-state index contributed by atoms with van der Waals surface area (Å²) in [7, 11) is 0. The van der Waals surface area contributed by atoms with Gasteiger partial charge in [-0.3, -0.25) is 0 Å². The first-order chi connectivity index (χ1) is 10.8. The standard InChI is InChI=1S/C18H23N3O/c1-2-11-22-14-9-7-13(8-10-14)17-12-18(21-20-17)15-5-3-4-6-16(15)19/h3-10,17-18,20-21H,2,11-12,19H2,1H3. The fraction of sp³-hybridized carbons (Fsp3) is 0.333. The van der Waals surface area contributed by atoms with Crippen molar-refractivity contribution in [2.75, 3.05) is 12.3 Å². The topological polar surface area (TPSA) is 59.3 Å². The Hall–Kier alpha value is -2.04. The van der Waals surface area contributed by atoms with Crippen LogP contribution in [0.4, 0.5) is 5.69 Å². The molecule has 4 heteroatoms. The lowest BCUT2D eigenvalue weighted by atomic mass is 9.97. The lowest BCUT2D eigenvalue weighted by molar-refractivity contribution is 0.317. The van der Waals surface area contributed by atoms with Crippen molar-refractivity contribution in [1.82, 2.24) is 10.9 Å². The zero-order valence-corrected chi connectivity index (χ0v) is 12.9. The quantitative estimate of drug-likeness (QED) is 0.741. The van der Waals surface area contributed by atoms with Gasteiger partial charge >= 0.3 is 0 Å². The molecule has 0 aliphatic carbocycles. The summed E-state index contributed by atoms with van der Waals surface area (Å²) >= 11 is 0. The molecule has 2 unspecified atom stereocenters. The third-order valence-electron chi connectivity index (χ3n) is 4.03. The molecule has 0 radical (unpaired) electrons. The molecule has 0 saturated carbocycles. The van der Waals surface area contributed by atoms with E-state index in [1.807, 2.05) is 30.3 Å². The van der Waals surface area contributed by atoms with E-state index in [0.717, 1.165) is 36.4 Å². The van der Waals surface area contributed by atoms with Gasteiger partial charge in [0.2, 0.25) is 0 Å². The highest BCUT2D eigenvalue weighted by Crippen LogP contribution is 2.33. The Bertz CT molecular complexity index is 612. The monoisotopic (exact) mass is 297 g/mol. The van der Waals surface area contributed by atoms with Gasteiger partial charge in [-0.25, -0.2) is 10.9 Å². The number of hydrogen-bond donors (Lipinski definition) is 3. The highest BCUT2D eigenvalue weighted by molar-refractivity contribution is 5.48. The molecule has 0 bridgehead atoms. The van der Waals surface area contributed by atoms with Crippen molar-refractivity contribution in [1.29, 1.82) is 0 Å². The summed E-state index contributed by atoms with van der Waals surface area (Å²) in [6.45, 7) is 2.87. The molecule has 3 rings (SSSR count). The van der Waals surface area contributed by atoms with Crippen LogP contribution in [-0.4, -0.2) is 6.61 Å². The third-order valence-corrected chi connectivity index (χ3v) is 4.03. The number of para-hydroxylation sites is 1. The van der Waals surface area contributed by atoms with Crippen molar-refractivity contribution in [3.05, 3.63) is 59.7 Å². The molecular weight excluding hydrogens is 274 g/mol. The molecular formula is C18H23N3O. The normalized spacial score (nSPS) is 21.0. The summed E-state index contributed by atoms with van der Waals surface area (Å²) in [6.07, 6.45) is 2.00. The molecule has 4 nitrogen and oxygen atoms in total. The molecule has 1 heterocycles. The summed E-state index contributed by atoms with van der Waals surface area (Å²) < 4.78 is 5.63. The molecule has 2 aromatic rings. The van der Waals surface area contributed by atoms with E-state index in [1.165, 1.54) is 5.56 Å². The van der Waals surface area contributed by atoms with E-state index < -0.39 is 0 Å². The van der Waals surface area contributed by atoms with Crippen LogP contribution < -0.4 is 21.3 Å². The number of nitrogens with one attached hydrogen (secondary N) is 2. The summed E-state index contributed by atoms with van der Waals surface area (Å²) in [6, 6.07) is 16.9. The molecule has 0 spiro atoms. The zero-order chi connectivity index (χ0) is 15.4. The van der Waals surface area contributed by atoms with Crippen LogP contribution in [0.3, 0.4) is 0 Å². The van der Waals surface area contributed by atoms with E-state index in [1.54, 1.807) is 0 Å². The van der Waals surface area contributed by atoms with Crippen LogP contribution in [-0.2, 0) is 0 Å². The molecule has 1 aliphatic rings. The molecule has 1 fully saturated rings. The van der Waals surface area contributed by atoms with E-state index in [0.29, 0.717) is 0 Å². The average Bonchev–Trinajstić information content (AvgIpc) is 3.03. The predicted molar refractivity (Wildman–Crippen MR) is 89.5 cm³/mol. The maximum atomic E-state index is 6.07. The lowest BCUT2D eigenvalue weighted by Crippen LogP contribution is -2.27. The highest BCUT2D eigenvalue weighted by Gasteiger charge is 2.27. The Kier molecular flexibility index (Phi) is 4.61. The van der Waals surface area contributed by atoms with E-state index in [2.05, 4.69) is 36.0 Å². The second-order valence-electron chi connectivity index (χ2n) is 5.68. The van der Waals surface area contributed by atoms with Crippen LogP contribution in [0.15, 0.2) is 48.5 Å². The Labute approximate surface area is 131 Å². The number of nitrogen functional groups attached to an aromatic ring is 1. The lowest BCUT2D eigenvalue weighted by Gasteiger charge is -2.12. The van der Waals surface area contributed by atoms with Crippen molar-refractivity contribution < 1.29 is 4.74 Å². The Balaban J connectivity index is 1.66. The van der Waals surface area contributed by atoms with Crippen molar-refractivity contribution in [2.24, 2.45) is 0 Å². The number of rotatable bonds is 5. The Morgan fingerprint density at radius 1 is 1.05 bits per heavy atom. The van der Waals surface area contributed by atoms with Gasteiger partial charge in [-0.2, -0.15) is 0 Å². The van der Waals surface area contributed by atoms with Gasteiger partial charge in [0.05, 0.1) is 12.6 Å². The maximum absolute atomic E-state index is 6.07. The number of hydrazine groups is 1. The van der Waals surface area contributed by atoms with Crippen LogP contribution in [0.1, 0.15) is 43.0 Å². The van der Waals surface area contributed by atoms with Gasteiger partial charge in [0.25, 0.3) is 0 Å². The summed E-state index contributed by atoms with van der Waals surface area (Å²) in [4.78, 5) is 0. The number of ether oxygens (including phenoxy) is 1. The van der Waals surface area contributed by atoms with Gasteiger partial charge in [-0.1, -0.05) is 37.3 Å². The van der Waals surface area contributed by atoms with Gasteiger partial charge in [0.15, 0.2) is 0 Å². The van der Waals surface area contributed by atoms with Crippen molar-refractivity contribution >= 4 is 5.69 Å². The van der Waals surface area contributed by atoms with Crippen LogP contribution in [0.2, 0.25) is 0 Å². The van der Waals surface area contributed by atoms with Gasteiger partial charge < -0.3 is 10.5 Å². The molecule has 1 aliphatic heterocycles. The van der Waals surface area contributed by atoms with Crippen molar-refractivity contribution in [3.8, 4) is 5.75 Å². The first-order valence-corrected chi connectivity index (χ1v) is 7.86. The Morgan fingerprint density at radius 2 is 1.77 bits per heavy atom. The van der Waals surface area contributed by atoms with Gasteiger partial charge in [0, 0.05) is 11.7 Å². The van der Waals surface area contributed by atoms with Crippen LogP contribution >= 0.6 is 0 Å². The molecule has 1 saturated heterocycles. The number of anilines is 1. The molecule has 2 aromatic carbocycles. The average molecular weight is 297 g/mol. The Morgan fingerprint density at radius 3 is 2.50 bits per heavy atom.